The Morgan fingerprint density at radius 2 is 1.39 bits per heavy atom. The van der Waals surface area contributed by atoms with E-state index >= 15 is 0 Å². The Hall–Kier alpha value is -3.23. The van der Waals surface area contributed by atoms with Crippen LogP contribution in [0, 0.1) is 0 Å². The van der Waals surface area contributed by atoms with E-state index < -0.39 is 0 Å². The molecule has 0 bridgehead atoms. The number of halogens is 3. The number of nitrogens with zero attached hydrogens (tertiary/aromatic N) is 5. The van der Waals surface area contributed by atoms with Gasteiger partial charge >= 0.3 is 0 Å². The SMILES string of the molecule is CSc1ncc(Cc2ccncc2)c(=O)[nH]1.Cl.Cl.O=c1[nH]c(NCCSCc2ncccc2Br)ncc1Cc1ccncc1. The van der Waals surface area contributed by atoms with Gasteiger partial charge in [0.1, 0.15) is 0 Å². The van der Waals surface area contributed by atoms with E-state index in [0.717, 1.165) is 32.8 Å². The topological polar surface area (TPSA) is 142 Å². The maximum Gasteiger partial charge on any atom is 0.255 e. The number of H-pyrrole nitrogens is 2. The summed E-state index contributed by atoms with van der Waals surface area (Å²) in [5.74, 6) is 2.21. The smallest absolute Gasteiger partial charge is 0.255 e. The Balaban J connectivity index is 0.000000324. The van der Waals surface area contributed by atoms with Gasteiger partial charge in [-0.1, -0.05) is 11.8 Å². The first-order chi connectivity index (χ1) is 20.5. The van der Waals surface area contributed by atoms with Gasteiger partial charge in [0.25, 0.3) is 11.1 Å². The summed E-state index contributed by atoms with van der Waals surface area (Å²) in [7, 11) is 0. The molecule has 0 unspecified atom stereocenters. The molecule has 0 amide bonds. The number of thioether (sulfide) groups is 2. The second-order valence-electron chi connectivity index (χ2n) is 8.81. The highest BCUT2D eigenvalue weighted by Crippen LogP contribution is 2.18. The lowest BCUT2D eigenvalue weighted by atomic mass is 10.1. The maximum atomic E-state index is 12.2. The van der Waals surface area contributed by atoms with Gasteiger partial charge in [0.15, 0.2) is 5.16 Å². The van der Waals surface area contributed by atoms with E-state index in [9.17, 15) is 9.59 Å². The second-order valence-corrected chi connectivity index (χ2v) is 11.6. The average molecular weight is 739 g/mol. The lowest BCUT2D eigenvalue weighted by molar-refractivity contribution is 0.901. The summed E-state index contributed by atoms with van der Waals surface area (Å²) in [5.41, 5.74) is 4.23. The zero-order chi connectivity index (χ0) is 29.6. The number of hydrogen-bond donors (Lipinski definition) is 3. The molecule has 5 aromatic rings. The number of pyridine rings is 3. The highest BCUT2D eigenvalue weighted by Gasteiger charge is 2.05. The lowest BCUT2D eigenvalue weighted by Crippen LogP contribution is -2.18. The molecule has 0 aliphatic heterocycles. The monoisotopic (exact) mass is 736 g/mol. The van der Waals surface area contributed by atoms with Crippen molar-refractivity contribution in [3.8, 4) is 0 Å². The highest BCUT2D eigenvalue weighted by atomic mass is 79.9. The molecule has 0 atom stereocenters. The van der Waals surface area contributed by atoms with Gasteiger partial charge in [0.2, 0.25) is 5.95 Å². The van der Waals surface area contributed by atoms with Crippen LogP contribution in [0.4, 0.5) is 5.95 Å². The van der Waals surface area contributed by atoms with Gasteiger partial charge in [0, 0.05) is 89.9 Å². The first-order valence-electron chi connectivity index (χ1n) is 12.9. The van der Waals surface area contributed by atoms with Gasteiger partial charge < -0.3 is 10.3 Å². The third kappa shape index (κ3) is 12.0. The summed E-state index contributed by atoms with van der Waals surface area (Å²) in [4.78, 5) is 50.1. The maximum absolute atomic E-state index is 12.2. The number of rotatable bonds is 11. The molecule has 0 aromatic carbocycles. The first-order valence-corrected chi connectivity index (χ1v) is 16.1. The van der Waals surface area contributed by atoms with Gasteiger partial charge in [-0.3, -0.25) is 29.5 Å². The molecule has 5 rings (SSSR count). The second kappa shape index (κ2) is 19.9. The Labute approximate surface area is 284 Å². The number of nitrogens with one attached hydrogen (secondary N) is 3. The van der Waals surface area contributed by atoms with Crippen LogP contribution >= 0.6 is 64.3 Å². The van der Waals surface area contributed by atoms with Crippen LogP contribution in [0.2, 0.25) is 0 Å². The predicted molar refractivity (Wildman–Crippen MR) is 187 cm³/mol. The molecule has 10 nitrogen and oxygen atoms in total. The van der Waals surface area contributed by atoms with Gasteiger partial charge in [-0.15, -0.1) is 24.8 Å². The summed E-state index contributed by atoms with van der Waals surface area (Å²) in [6, 6.07) is 11.5. The summed E-state index contributed by atoms with van der Waals surface area (Å²) in [6.07, 6.45) is 14.9. The lowest BCUT2D eigenvalue weighted by Gasteiger charge is -2.07. The quantitative estimate of drug-likeness (QED) is 0.0894. The minimum absolute atomic E-state index is 0. The number of aromatic amines is 2. The molecule has 0 radical (unpaired) electrons. The van der Waals surface area contributed by atoms with Crippen LogP contribution < -0.4 is 16.4 Å². The van der Waals surface area contributed by atoms with Gasteiger partial charge in [-0.25, -0.2) is 9.97 Å². The zero-order valence-corrected chi connectivity index (χ0v) is 28.5. The fraction of sp³-hybridized carbons (Fsp3) is 0.207. The Bertz CT molecular complexity index is 1680. The van der Waals surface area contributed by atoms with Crippen molar-refractivity contribution in [2.24, 2.45) is 0 Å². The normalized spacial score (nSPS) is 10.0. The summed E-state index contributed by atoms with van der Waals surface area (Å²) in [5, 5.41) is 3.79. The first kappa shape index (κ1) is 37.0. The fourth-order valence-corrected chi connectivity index (χ4v) is 5.40. The molecule has 15 heteroatoms. The Morgan fingerprint density at radius 1 is 0.795 bits per heavy atom. The Morgan fingerprint density at radius 3 is 1.93 bits per heavy atom. The van der Waals surface area contributed by atoms with Crippen LogP contribution in [0.3, 0.4) is 0 Å². The van der Waals surface area contributed by atoms with Crippen molar-refractivity contribution in [2.75, 3.05) is 23.9 Å². The standard InChI is InChI=1S/C18H18BrN5OS.C11H11N3OS.2ClH/c19-15-2-1-5-21-16(15)12-26-9-8-22-18-23-11-14(17(25)24-18)10-13-3-6-20-7-4-13;1-16-11-13-7-9(10(15)14-11)6-8-2-4-12-5-3-8;;/h1-7,11H,8-10,12H2,(H2,22,23,24,25);2-5,7H,6H2,1H3,(H,13,14,15);2*1H. The fourth-order valence-electron chi connectivity index (χ4n) is 3.65. The van der Waals surface area contributed by atoms with E-state index in [-0.39, 0.29) is 35.9 Å². The molecular weight excluding hydrogens is 707 g/mol. The predicted octanol–water partition coefficient (Wildman–Crippen LogP) is 5.58. The van der Waals surface area contributed by atoms with Crippen LogP contribution in [-0.4, -0.2) is 53.4 Å². The number of aromatic nitrogens is 7. The van der Waals surface area contributed by atoms with Crippen molar-refractivity contribution in [1.82, 2.24) is 34.9 Å². The third-order valence-electron chi connectivity index (χ3n) is 5.82. The molecule has 0 saturated carbocycles. The van der Waals surface area contributed by atoms with E-state index in [0.29, 0.717) is 41.6 Å². The summed E-state index contributed by atoms with van der Waals surface area (Å²) >= 11 is 6.69. The van der Waals surface area contributed by atoms with Crippen molar-refractivity contribution >= 4 is 70.2 Å². The molecule has 0 aliphatic carbocycles. The van der Waals surface area contributed by atoms with Crippen LogP contribution in [0.25, 0.3) is 0 Å². The molecule has 3 N–H and O–H groups in total. The molecular formula is C29H31BrCl2N8O2S2. The molecule has 0 spiro atoms. The van der Waals surface area contributed by atoms with Gasteiger partial charge in [-0.2, -0.15) is 11.8 Å². The molecule has 232 valence electrons. The van der Waals surface area contributed by atoms with Crippen LogP contribution in [0.1, 0.15) is 27.9 Å². The largest absolute Gasteiger partial charge is 0.355 e. The van der Waals surface area contributed by atoms with Crippen molar-refractivity contribution in [3.63, 3.8) is 0 Å². The summed E-state index contributed by atoms with van der Waals surface area (Å²) in [6.45, 7) is 0.710. The van der Waals surface area contributed by atoms with Gasteiger partial charge in [-0.05, 0) is 69.7 Å². The molecule has 5 aromatic heterocycles. The summed E-state index contributed by atoms with van der Waals surface area (Å²) < 4.78 is 1.02. The van der Waals surface area contributed by atoms with E-state index in [4.69, 9.17) is 0 Å². The van der Waals surface area contributed by atoms with Crippen LogP contribution in [0.5, 0.6) is 0 Å². The van der Waals surface area contributed by atoms with Crippen LogP contribution in [0.15, 0.2) is 99.0 Å². The number of hydrogen-bond acceptors (Lipinski definition) is 10. The molecule has 0 fully saturated rings. The Kier molecular flexibility index (Phi) is 16.7. The third-order valence-corrected chi connectivity index (χ3v) is 8.10. The minimum atomic E-state index is -0.121. The molecule has 5 heterocycles. The zero-order valence-electron chi connectivity index (χ0n) is 23.6. The van der Waals surface area contributed by atoms with E-state index in [1.807, 2.05) is 42.7 Å². The van der Waals surface area contributed by atoms with E-state index in [1.165, 1.54) is 11.8 Å². The molecule has 0 aliphatic rings. The van der Waals surface area contributed by atoms with Crippen LogP contribution in [-0.2, 0) is 18.6 Å². The average Bonchev–Trinajstić information content (AvgIpc) is 3.01. The van der Waals surface area contributed by atoms with Crippen molar-refractivity contribution in [3.05, 3.63) is 133 Å². The van der Waals surface area contributed by atoms with E-state index in [2.05, 4.69) is 56.1 Å². The molecule has 44 heavy (non-hydrogen) atoms. The van der Waals surface area contributed by atoms with Crippen molar-refractivity contribution < 1.29 is 0 Å². The highest BCUT2D eigenvalue weighted by molar-refractivity contribution is 9.10. The minimum Gasteiger partial charge on any atom is -0.355 e. The van der Waals surface area contributed by atoms with Gasteiger partial charge in [0.05, 0.1) is 5.69 Å². The number of anilines is 1. The van der Waals surface area contributed by atoms with Crippen molar-refractivity contribution in [2.45, 2.75) is 23.8 Å². The van der Waals surface area contributed by atoms with E-state index in [1.54, 1.807) is 55.1 Å². The molecule has 0 saturated heterocycles. The van der Waals surface area contributed by atoms with Crippen molar-refractivity contribution in [1.29, 1.82) is 0 Å².